The van der Waals surface area contributed by atoms with E-state index in [9.17, 15) is 180 Å². The van der Waals surface area contributed by atoms with E-state index in [1.807, 2.05) is 20.8 Å². The molecule has 9 fully saturated rings. The highest BCUT2D eigenvalue weighted by atomic mass is 19.4. The van der Waals surface area contributed by atoms with E-state index >= 15 is 0 Å². The fraction of sp³-hybridized carbons (Fsp3) is 1.00. The summed E-state index contributed by atoms with van der Waals surface area (Å²) in [5.41, 5.74) is -4.52. The van der Waals surface area contributed by atoms with Crippen molar-refractivity contribution in [1.82, 2.24) is 0 Å². The molecule has 0 radical (unpaired) electrons. The molecule has 0 bridgehead atoms. The topological polar surface area (TPSA) is 0 Å². The minimum atomic E-state index is -5.36. The zero-order valence-electron chi connectivity index (χ0n) is 72.4. The van der Waals surface area contributed by atoms with Crippen molar-refractivity contribution in [2.45, 2.75) is 344 Å². The lowest BCUT2D eigenvalue weighted by Crippen LogP contribution is -2.57. The zero-order chi connectivity index (χ0) is 97.9. The maximum absolute atomic E-state index is 13.0. The van der Waals surface area contributed by atoms with Crippen LogP contribution in [0.15, 0.2) is 0 Å². The Labute approximate surface area is 684 Å². The van der Waals surface area contributed by atoms with Crippen molar-refractivity contribution in [1.29, 1.82) is 0 Å². The number of hydrogen-bond donors (Lipinski definition) is 0. The highest BCUT2D eigenvalue weighted by molar-refractivity contribution is 5.19. The van der Waals surface area contributed by atoms with Crippen molar-refractivity contribution in [3.8, 4) is 0 Å². The second kappa shape index (κ2) is 43.2. The summed E-state index contributed by atoms with van der Waals surface area (Å²) in [7, 11) is 0. The Morgan fingerprint density at radius 2 is 0.554 bits per heavy atom. The van der Waals surface area contributed by atoms with E-state index in [0.29, 0.717) is 39.0 Å². The third-order valence-electron chi connectivity index (χ3n) is 26.6. The molecule has 121 heavy (non-hydrogen) atoms. The smallest absolute Gasteiger partial charge is 0.247 e. The van der Waals surface area contributed by atoms with Crippen LogP contribution in [0.4, 0.5) is 180 Å². The van der Waals surface area contributed by atoms with Crippen LogP contribution in [0.5, 0.6) is 0 Å². The summed E-state index contributed by atoms with van der Waals surface area (Å²) in [5, 5.41) is 0. The molecule has 35 atom stereocenters. The molecular formula is C80H119F41. The highest BCUT2D eigenvalue weighted by Gasteiger charge is 2.88. The maximum atomic E-state index is 13.0. The van der Waals surface area contributed by atoms with Gasteiger partial charge in [-0.05, 0) is 148 Å². The summed E-state index contributed by atoms with van der Waals surface area (Å²) in [5.74, 6) is -48.0. The number of alkyl halides is 41. The quantitative estimate of drug-likeness (QED) is 0.212. The van der Waals surface area contributed by atoms with Gasteiger partial charge < -0.3 is 0 Å². The van der Waals surface area contributed by atoms with Crippen LogP contribution in [0.2, 0.25) is 0 Å². The first-order chi connectivity index (χ1) is 54.3. The van der Waals surface area contributed by atoms with Gasteiger partial charge in [-0.1, -0.05) is 150 Å². The minimum Gasteiger partial charge on any atom is -0.247 e. The summed E-state index contributed by atoms with van der Waals surface area (Å²) < 4.78 is 534. The molecule has 0 aromatic rings. The molecule has 0 aromatic heterocycles. The van der Waals surface area contributed by atoms with Crippen molar-refractivity contribution in [2.24, 2.45) is 160 Å². The van der Waals surface area contributed by atoms with Gasteiger partial charge in [0.25, 0.3) is 5.92 Å². The SMILES string of the molecule is CC1C(C(F)(F)F)C(C(F)(F)F)C(C)[C@@H](C)C1C(F)(F)F.CC1C(F)C(F)C(F)[C@@H](C)C1F.CC1C(F)C(F)[C@@H](C)C1F.CC1CC(C(F)(F)F)C[C@@H](C)C1.CC1CCCC(C(F)(F)F)[C@@H]1C.CC1C[C@H](C)CC(C(F)(F)F)C1C(F)(F)F.C[C@H]1C(F)(F)C(C)(F)C(F)(F)C1(F)F.[2H][C@@]1(C)C(C)CCCC1C(F)(F)F.[2H][C@]1(C)CC(C)CC(C(F)(F)F)C1. The van der Waals surface area contributed by atoms with E-state index in [1.165, 1.54) is 41.5 Å². The molecule has 0 aliphatic heterocycles. The Bertz CT molecular complexity index is 2940. The first kappa shape index (κ1) is 112. The van der Waals surface area contributed by atoms with Crippen LogP contribution >= 0.6 is 0 Å². The highest BCUT2D eigenvalue weighted by Crippen LogP contribution is 2.66. The van der Waals surface area contributed by atoms with Gasteiger partial charge in [0, 0.05) is 26.4 Å². The molecule has 0 saturated heterocycles. The fourth-order valence-corrected chi connectivity index (χ4v) is 18.9. The molecule has 726 valence electrons. The standard InChI is InChI=1S/C12H15F9.C10H14F6.4C9H15F3.C8H12F4.C7H7F7.C7H11F3/c1-4-5(2)8(11(16,17)18)9(12(19,20)21)6(3)7(4)10(13,14)15;1-5-3-6(2)8(10(14,15)16)7(4-5)9(11,12)13;2*1-6-3-7(2)5-8(4-6)9(10,11)12;2*1-6-4-3-5-8(7(6)2)9(10,11)12;1-3-5(9)4(2)7(11)8(12)6(3)10;1-3-5(9,10)4(2,8)7(13,14)6(3,11)12;1-3-5(8)4(2)7(10)6(3)9/h4-9H,1-3H3;5-8H,3-4H2,1-2H3;4*6-8H,3-5H2,1-2H3;3-8H,1-2H3;3H,1-2H3;3-7H,1-2H3/t4-,5?,6?,7?,8?,9?;5-,6?,7?,8?;2*6-,7?,8?;2*6?,7-,8?;3-,4?,5?,6?,7?,8?;3-,4?;3-,4?,5?,6?,7?/m100011000/s1/i;;6D;;7D;;;;. The Morgan fingerprint density at radius 1 is 0.248 bits per heavy atom. The van der Waals surface area contributed by atoms with E-state index < -0.39 is 247 Å². The molecule has 9 aliphatic carbocycles. The van der Waals surface area contributed by atoms with Gasteiger partial charge in [0.05, 0.1) is 59.2 Å². The molecule has 0 N–H and O–H groups in total. The van der Waals surface area contributed by atoms with Crippen molar-refractivity contribution in [2.75, 3.05) is 0 Å². The van der Waals surface area contributed by atoms with Crippen LogP contribution in [0.25, 0.3) is 0 Å². The average Bonchev–Trinajstić information content (AvgIpc) is 1.54. The van der Waals surface area contributed by atoms with Crippen LogP contribution in [0.3, 0.4) is 0 Å². The summed E-state index contributed by atoms with van der Waals surface area (Å²) in [6.45, 7) is 24.6. The molecule has 9 rings (SSSR count). The van der Waals surface area contributed by atoms with Gasteiger partial charge in [-0.25, -0.2) is 43.9 Å². The number of hydrogen-bond acceptors (Lipinski definition) is 0. The summed E-state index contributed by atoms with van der Waals surface area (Å²) >= 11 is 0. The maximum Gasteiger partial charge on any atom is 0.392 e. The normalized spacial score (nSPS) is 43.6. The van der Waals surface area contributed by atoms with E-state index in [-0.39, 0.29) is 81.0 Å². The fourth-order valence-electron chi connectivity index (χ4n) is 18.9. The van der Waals surface area contributed by atoms with Gasteiger partial charge in [0.1, 0.15) is 37.0 Å². The molecule has 9 aliphatic rings. The monoisotopic (exact) mass is 1860 g/mol. The average molecular weight is 1860 g/mol. The molecule has 0 amide bonds. The summed E-state index contributed by atoms with van der Waals surface area (Å²) in [6.07, 6.45) is -48.0. The molecule has 26 unspecified atom stereocenters. The minimum absolute atomic E-state index is 0.0166. The van der Waals surface area contributed by atoms with Gasteiger partial charge in [-0.2, -0.15) is 136 Å². The number of rotatable bonds is 0. The van der Waals surface area contributed by atoms with Crippen LogP contribution < -0.4 is 0 Å². The Hall–Kier alpha value is -2.87. The van der Waals surface area contributed by atoms with Gasteiger partial charge in [0.15, 0.2) is 6.17 Å². The van der Waals surface area contributed by atoms with E-state index in [4.69, 9.17) is 2.74 Å². The predicted octanol–water partition coefficient (Wildman–Crippen LogP) is 32.5. The first-order valence-corrected chi connectivity index (χ1v) is 40.2. The van der Waals surface area contributed by atoms with Gasteiger partial charge in [0.2, 0.25) is 5.67 Å². The zero-order valence-corrected chi connectivity index (χ0v) is 70.4. The molecule has 9 saturated carbocycles. The predicted molar refractivity (Wildman–Crippen MR) is 374 cm³/mol. The largest absolute Gasteiger partial charge is 0.392 e. The first-order valence-electron chi connectivity index (χ1n) is 41.2. The van der Waals surface area contributed by atoms with Crippen molar-refractivity contribution in [3.63, 3.8) is 0 Å². The van der Waals surface area contributed by atoms with Crippen LogP contribution in [-0.4, -0.2) is 122 Å². The summed E-state index contributed by atoms with van der Waals surface area (Å²) in [6, 6.07) is 0. The Morgan fingerprint density at radius 3 is 0.835 bits per heavy atom. The molecule has 0 spiro atoms. The molecule has 0 heterocycles. The number of halogens is 41. The van der Waals surface area contributed by atoms with E-state index in [2.05, 4.69) is 0 Å². The second-order valence-corrected chi connectivity index (χ2v) is 36.3. The van der Waals surface area contributed by atoms with Crippen molar-refractivity contribution >= 4 is 0 Å². The van der Waals surface area contributed by atoms with Gasteiger partial charge >= 0.3 is 67.4 Å². The lowest BCUT2D eigenvalue weighted by atomic mass is 9.57. The Balaban J connectivity index is 0.000000697. The third kappa shape index (κ3) is 30.4. The van der Waals surface area contributed by atoms with Gasteiger partial charge in [-0.15, -0.1) is 0 Å². The van der Waals surface area contributed by atoms with Crippen molar-refractivity contribution in [3.05, 3.63) is 0 Å². The molecule has 0 nitrogen and oxygen atoms in total. The second-order valence-electron chi connectivity index (χ2n) is 36.3. The lowest BCUT2D eigenvalue weighted by Gasteiger charge is -2.50. The summed E-state index contributed by atoms with van der Waals surface area (Å²) in [4.78, 5) is 0. The molecule has 41 heteroatoms. The Kier molecular flexibility index (Phi) is 40.1. The van der Waals surface area contributed by atoms with Crippen LogP contribution in [-0.2, 0) is 0 Å². The van der Waals surface area contributed by atoms with Gasteiger partial charge in [-0.3, -0.25) is 0 Å². The molecule has 0 aromatic carbocycles. The van der Waals surface area contributed by atoms with E-state index in [1.54, 1.807) is 34.6 Å². The van der Waals surface area contributed by atoms with Crippen molar-refractivity contribution < 1.29 is 183 Å². The molecular weight excluding hydrogens is 1740 g/mol. The third-order valence-corrected chi connectivity index (χ3v) is 26.6. The van der Waals surface area contributed by atoms with E-state index in [0.717, 1.165) is 39.5 Å². The lowest BCUT2D eigenvalue weighted by molar-refractivity contribution is -0.321. The van der Waals surface area contributed by atoms with Crippen LogP contribution in [0, 0.1) is 160 Å². The van der Waals surface area contributed by atoms with Crippen LogP contribution in [0.1, 0.15) is 224 Å².